The number of nitrogens with two attached hydrogens (primary N) is 1. The minimum Gasteiger partial charge on any atom is -0.396 e. The quantitative estimate of drug-likeness (QED) is 0.830. The predicted octanol–water partition coefficient (Wildman–Crippen LogP) is 1.52. The van der Waals surface area contributed by atoms with Gasteiger partial charge in [0.15, 0.2) is 0 Å². The van der Waals surface area contributed by atoms with Crippen molar-refractivity contribution in [3.8, 4) is 0 Å². The topological polar surface area (TPSA) is 55.6 Å². The molecule has 4 nitrogen and oxygen atoms in total. The highest BCUT2D eigenvalue weighted by Crippen LogP contribution is 2.20. The molecule has 18 heavy (non-hydrogen) atoms. The van der Waals surface area contributed by atoms with E-state index in [2.05, 4.69) is 0 Å². The molecule has 98 valence electrons. The van der Waals surface area contributed by atoms with E-state index in [-0.39, 0.29) is 11.6 Å². The van der Waals surface area contributed by atoms with Gasteiger partial charge in [0.2, 0.25) is 0 Å². The Balaban J connectivity index is 2.05. The smallest absolute Gasteiger partial charge is 0.253 e. The van der Waals surface area contributed by atoms with Gasteiger partial charge < -0.3 is 15.4 Å². The van der Waals surface area contributed by atoms with Crippen LogP contribution in [0.5, 0.6) is 0 Å². The summed E-state index contributed by atoms with van der Waals surface area (Å²) in [5, 5.41) is 0. The number of rotatable bonds is 3. The molecule has 0 aliphatic carbocycles. The first-order chi connectivity index (χ1) is 8.61. The summed E-state index contributed by atoms with van der Waals surface area (Å²) >= 11 is 0. The number of amides is 1. The molecule has 5 heteroatoms. The Morgan fingerprint density at radius 1 is 1.61 bits per heavy atom. The monoisotopic (exact) mass is 252 g/mol. The van der Waals surface area contributed by atoms with Crippen molar-refractivity contribution in [3.63, 3.8) is 0 Å². The van der Waals surface area contributed by atoms with Gasteiger partial charge in [-0.05, 0) is 24.6 Å². The summed E-state index contributed by atoms with van der Waals surface area (Å²) in [6, 6.07) is 4.09. The molecule has 0 spiro atoms. The van der Waals surface area contributed by atoms with E-state index in [1.54, 1.807) is 12.0 Å². The molecule has 0 aromatic heterocycles. The van der Waals surface area contributed by atoms with E-state index < -0.39 is 5.82 Å². The highest BCUT2D eigenvalue weighted by molar-refractivity contribution is 5.95. The van der Waals surface area contributed by atoms with Crippen molar-refractivity contribution in [2.24, 2.45) is 5.92 Å². The molecule has 0 saturated carbocycles. The lowest BCUT2D eigenvalue weighted by atomic mass is 10.1. The van der Waals surface area contributed by atoms with E-state index in [1.807, 2.05) is 0 Å². The van der Waals surface area contributed by atoms with Crippen LogP contribution >= 0.6 is 0 Å². The minimum atomic E-state index is -0.495. The lowest BCUT2D eigenvalue weighted by Gasteiger charge is -2.16. The summed E-state index contributed by atoms with van der Waals surface area (Å²) in [5.74, 6) is -0.206. The first kappa shape index (κ1) is 12.8. The van der Waals surface area contributed by atoms with Gasteiger partial charge in [-0.2, -0.15) is 0 Å². The summed E-state index contributed by atoms with van der Waals surface area (Å²) in [6.07, 6.45) is 0.941. The molecule has 1 saturated heterocycles. The fraction of sp³-hybridized carbons (Fsp3) is 0.462. The zero-order chi connectivity index (χ0) is 13.1. The first-order valence-electron chi connectivity index (χ1n) is 5.95. The number of methoxy groups -OCH3 is 1. The molecule has 1 atom stereocenters. The maximum Gasteiger partial charge on any atom is 0.253 e. The summed E-state index contributed by atoms with van der Waals surface area (Å²) in [4.78, 5) is 13.9. The molecule has 2 N–H and O–H groups in total. The van der Waals surface area contributed by atoms with Crippen molar-refractivity contribution >= 4 is 11.6 Å². The molecular formula is C13H17FN2O2. The number of ether oxygens (including phenoxy) is 1. The van der Waals surface area contributed by atoms with Crippen molar-refractivity contribution in [3.05, 3.63) is 29.6 Å². The number of carbonyl (C=O) groups is 1. The van der Waals surface area contributed by atoms with Gasteiger partial charge in [0, 0.05) is 31.7 Å². The van der Waals surface area contributed by atoms with E-state index in [4.69, 9.17) is 10.5 Å². The van der Waals surface area contributed by atoms with Gasteiger partial charge in [-0.25, -0.2) is 4.39 Å². The maximum atomic E-state index is 13.0. The van der Waals surface area contributed by atoms with Crippen LogP contribution in [-0.2, 0) is 4.74 Å². The molecule has 0 radical (unpaired) electrons. The van der Waals surface area contributed by atoms with Crippen LogP contribution in [0.25, 0.3) is 0 Å². The van der Waals surface area contributed by atoms with E-state index in [0.717, 1.165) is 6.42 Å². The molecule has 1 aromatic rings. The average molecular weight is 252 g/mol. The maximum absolute atomic E-state index is 13.0. The van der Waals surface area contributed by atoms with Crippen LogP contribution in [0.15, 0.2) is 18.2 Å². The number of carbonyl (C=O) groups excluding carboxylic acids is 1. The number of hydrogen-bond donors (Lipinski definition) is 1. The van der Waals surface area contributed by atoms with Crippen molar-refractivity contribution in [2.45, 2.75) is 6.42 Å². The van der Waals surface area contributed by atoms with E-state index in [9.17, 15) is 9.18 Å². The number of halogens is 1. The summed E-state index contributed by atoms with van der Waals surface area (Å²) < 4.78 is 18.1. The van der Waals surface area contributed by atoms with Gasteiger partial charge in [-0.15, -0.1) is 0 Å². The third-order valence-corrected chi connectivity index (χ3v) is 3.22. The zero-order valence-electron chi connectivity index (χ0n) is 10.4. The number of hydrogen-bond acceptors (Lipinski definition) is 3. The first-order valence-corrected chi connectivity index (χ1v) is 5.95. The minimum absolute atomic E-state index is 0.00786. The Morgan fingerprint density at radius 2 is 2.39 bits per heavy atom. The van der Waals surface area contributed by atoms with Gasteiger partial charge in [-0.3, -0.25) is 4.79 Å². The van der Waals surface area contributed by atoms with Crippen LogP contribution in [-0.4, -0.2) is 37.6 Å². The zero-order valence-corrected chi connectivity index (χ0v) is 10.4. The van der Waals surface area contributed by atoms with Crippen LogP contribution in [0.4, 0.5) is 10.1 Å². The van der Waals surface area contributed by atoms with Gasteiger partial charge in [0.25, 0.3) is 5.91 Å². The van der Waals surface area contributed by atoms with E-state index in [1.165, 1.54) is 18.2 Å². The third kappa shape index (κ3) is 2.61. The Bertz CT molecular complexity index is 451. The lowest BCUT2D eigenvalue weighted by molar-refractivity contribution is 0.0775. The predicted molar refractivity (Wildman–Crippen MR) is 66.7 cm³/mol. The van der Waals surface area contributed by atoms with Crippen molar-refractivity contribution in [1.29, 1.82) is 0 Å². The Labute approximate surface area is 106 Å². The number of anilines is 1. The second kappa shape index (κ2) is 5.35. The van der Waals surface area contributed by atoms with Crippen LogP contribution in [0, 0.1) is 11.7 Å². The van der Waals surface area contributed by atoms with Crippen LogP contribution < -0.4 is 5.73 Å². The average Bonchev–Trinajstić information content (AvgIpc) is 2.81. The van der Waals surface area contributed by atoms with E-state index >= 15 is 0 Å². The molecule has 1 aliphatic heterocycles. The second-order valence-electron chi connectivity index (χ2n) is 4.60. The number of likely N-dealkylation sites (tertiary alicyclic amines) is 1. The summed E-state index contributed by atoms with van der Waals surface area (Å²) in [7, 11) is 1.66. The molecule has 0 bridgehead atoms. The third-order valence-electron chi connectivity index (χ3n) is 3.22. The van der Waals surface area contributed by atoms with Crippen molar-refractivity contribution in [2.75, 3.05) is 32.5 Å². The largest absolute Gasteiger partial charge is 0.396 e. The Morgan fingerprint density at radius 3 is 3.06 bits per heavy atom. The lowest BCUT2D eigenvalue weighted by Crippen LogP contribution is -2.29. The van der Waals surface area contributed by atoms with Crippen molar-refractivity contribution in [1.82, 2.24) is 4.90 Å². The fourth-order valence-corrected chi connectivity index (χ4v) is 2.25. The Kier molecular flexibility index (Phi) is 3.81. The fourth-order valence-electron chi connectivity index (χ4n) is 2.25. The summed E-state index contributed by atoms with van der Waals surface area (Å²) in [6.45, 7) is 2.06. The normalized spacial score (nSPS) is 19.2. The van der Waals surface area contributed by atoms with Gasteiger partial charge >= 0.3 is 0 Å². The van der Waals surface area contributed by atoms with Crippen molar-refractivity contribution < 1.29 is 13.9 Å². The highest BCUT2D eigenvalue weighted by Gasteiger charge is 2.26. The molecule has 1 fully saturated rings. The molecule has 1 aromatic carbocycles. The second-order valence-corrected chi connectivity index (χ2v) is 4.60. The van der Waals surface area contributed by atoms with Crippen LogP contribution in [0.2, 0.25) is 0 Å². The molecule has 1 heterocycles. The van der Waals surface area contributed by atoms with Gasteiger partial charge in [0.1, 0.15) is 5.82 Å². The highest BCUT2D eigenvalue weighted by atomic mass is 19.1. The SMILES string of the molecule is COCC1CCN(C(=O)c2ccc(F)c(N)c2)C1. The Hall–Kier alpha value is -1.62. The molecule has 2 rings (SSSR count). The standard InChI is InChI=1S/C13H17FN2O2/c1-18-8-9-4-5-16(7-9)13(17)10-2-3-11(14)12(15)6-10/h2-3,6,9H,4-5,7-8,15H2,1H3. The van der Waals surface area contributed by atoms with Crippen LogP contribution in [0.1, 0.15) is 16.8 Å². The molecule has 1 aliphatic rings. The number of nitrogens with zero attached hydrogens (tertiary/aromatic N) is 1. The molecule has 1 amide bonds. The summed E-state index contributed by atoms with van der Waals surface area (Å²) in [5.41, 5.74) is 5.91. The van der Waals surface area contributed by atoms with Crippen LogP contribution in [0.3, 0.4) is 0 Å². The number of nitrogen functional groups attached to an aromatic ring is 1. The van der Waals surface area contributed by atoms with Gasteiger partial charge in [-0.1, -0.05) is 0 Å². The number of benzene rings is 1. The molecular weight excluding hydrogens is 235 g/mol. The van der Waals surface area contributed by atoms with E-state index in [0.29, 0.717) is 31.2 Å². The van der Waals surface area contributed by atoms with Gasteiger partial charge in [0.05, 0.1) is 12.3 Å². The molecule has 1 unspecified atom stereocenters.